The number of anilines is 1. The minimum absolute atomic E-state index is 0.0218. The number of hydrogen-bond acceptors (Lipinski definition) is 9. The van der Waals surface area contributed by atoms with Gasteiger partial charge < -0.3 is 37.4 Å². The summed E-state index contributed by atoms with van der Waals surface area (Å²) in [5, 5.41) is 15.0. The number of nitrogens with one attached hydrogen (secondary N) is 2. The molecule has 12 heteroatoms. The molecule has 3 aromatic rings. The van der Waals surface area contributed by atoms with Gasteiger partial charge in [-0.15, -0.1) is 0 Å². The molecule has 2 aromatic carbocycles. The number of amides is 2. The third kappa shape index (κ3) is 8.48. The highest BCUT2D eigenvalue weighted by Crippen LogP contribution is 2.23. The number of fused-ring (bicyclic) bond motifs is 1. The largest absolute Gasteiger partial charge is 0.481 e. The van der Waals surface area contributed by atoms with Crippen molar-refractivity contribution in [3.05, 3.63) is 75.6 Å². The van der Waals surface area contributed by atoms with E-state index < -0.39 is 53.7 Å². The van der Waals surface area contributed by atoms with Gasteiger partial charge in [0.1, 0.15) is 17.3 Å². The first-order chi connectivity index (χ1) is 20.0. The summed E-state index contributed by atoms with van der Waals surface area (Å²) in [6.07, 6.45) is 0.944. The lowest BCUT2D eigenvalue weighted by Gasteiger charge is -2.24. The second-order valence-electron chi connectivity index (χ2n) is 10.1. The maximum Gasteiger partial charge on any atom is 0.359 e. The van der Waals surface area contributed by atoms with E-state index in [9.17, 15) is 29.1 Å². The molecular formula is C30H37N5O7. The average molecular weight is 580 g/mol. The van der Waals surface area contributed by atoms with Crippen molar-refractivity contribution in [2.75, 3.05) is 12.3 Å². The van der Waals surface area contributed by atoms with Gasteiger partial charge in [0.2, 0.25) is 11.8 Å². The first-order valence-corrected chi connectivity index (χ1v) is 13.7. The van der Waals surface area contributed by atoms with Crippen molar-refractivity contribution in [1.29, 1.82) is 0 Å². The van der Waals surface area contributed by atoms with Crippen molar-refractivity contribution >= 4 is 40.2 Å². The Kier molecular flexibility index (Phi) is 11.3. The number of ketones is 1. The zero-order valence-electron chi connectivity index (χ0n) is 23.4. The standard InChI is InChI=1S/C30H37N5O7/c1-17-20-11-10-19(16-24(20)42-30(41)26(17)33)27(38)22(9-5-6-14-31)34-29(40)23(12-13-25(36)37)35-28(39)21(32)15-18-7-3-2-4-8-18/h2-4,7-8,10-11,16,21-23H,5-6,9,12-15,31-33H2,1H3,(H,34,40)(H,35,39)(H,36,37)/t21-,22-,23-/m0/s1. The Morgan fingerprint density at radius 1 is 0.952 bits per heavy atom. The Balaban J connectivity index is 1.82. The molecule has 9 N–H and O–H groups in total. The number of nitrogen functional groups attached to an aromatic ring is 1. The first-order valence-electron chi connectivity index (χ1n) is 13.7. The summed E-state index contributed by atoms with van der Waals surface area (Å²) in [5.74, 6) is -2.96. The Bertz CT molecular complexity index is 1490. The van der Waals surface area contributed by atoms with Gasteiger partial charge in [-0.3, -0.25) is 19.2 Å². The Labute approximate surface area is 242 Å². The number of hydrogen-bond donors (Lipinski definition) is 6. The lowest BCUT2D eigenvalue weighted by molar-refractivity contribution is -0.138. The van der Waals surface area contributed by atoms with E-state index in [0.29, 0.717) is 30.3 Å². The molecule has 0 radical (unpaired) electrons. The number of carboxylic acid groups (broad SMARTS) is 1. The van der Waals surface area contributed by atoms with E-state index in [2.05, 4.69) is 10.6 Å². The van der Waals surface area contributed by atoms with Gasteiger partial charge >= 0.3 is 11.6 Å². The third-order valence-electron chi connectivity index (χ3n) is 6.99. The number of unbranched alkanes of at least 4 members (excludes halogenated alkanes) is 1. The average Bonchev–Trinajstić information content (AvgIpc) is 2.97. The number of nitrogens with two attached hydrogens (primary N) is 3. The molecule has 1 aromatic heterocycles. The number of carboxylic acids is 1. The van der Waals surface area contributed by atoms with Gasteiger partial charge in [-0.2, -0.15) is 0 Å². The zero-order chi connectivity index (χ0) is 30.8. The van der Waals surface area contributed by atoms with Crippen LogP contribution in [0.4, 0.5) is 5.69 Å². The normalized spacial score (nSPS) is 13.2. The molecule has 0 unspecified atom stereocenters. The Hall–Kier alpha value is -4.55. The molecule has 0 aliphatic carbocycles. The first kappa shape index (κ1) is 32.0. The van der Waals surface area contributed by atoms with Crippen LogP contribution >= 0.6 is 0 Å². The monoisotopic (exact) mass is 579 g/mol. The molecule has 0 saturated carbocycles. The fourth-order valence-electron chi connectivity index (χ4n) is 4.53. The number of rotatable bonds is 15. The van der Waals surface area contributed by atoms with Crippen molar-refractivity contribution in [3.8, 4) is 0 Å². The van der Waals surface area contributed by atoms with E-state index >= 15 is 0 Å². The van der Waals surface area contributed by atoms with Crippen LogP contribution in [0.25, 0.3) is 11.0 Å². The Morgan fingerprint density at radius 2 is 1.64 bits per heavy atom. The van der Waals surface area contributed by atoms with Crippen molar-refractivity contribution in [3.63, 3.8) is 0 Å². The smallest absolute Gasteiger partial charge is 0.359 e. The molecule has 42 heavy (non-hydrogen) atoms. The van der Waals surface area contributed by atoms with E-state index in [1.807, 2.05) is 30.3 Å². The molecule has 0 aliphatic rings. The quantitative estimate of drug-likeness (QED) is 0.0862. The molecule has 0 fully saturated rings. The van der Waals surface area contributed by atoms with Gasteiger partial charge in [-0.25, -0.2) is 4.79 Å². The second kappa shape index (κ2) is 14.9. The molecule has 0 saturated heterocycles. The van der Waals surface area contributed by atoms with Crippen LogP contribution in [0.1, 0.15) is 53.6 Å². The van der Waals surface area contributed by atoms with Crippen LogP contribution in [0.3, 0.4) is 0 Å². The van der Waals surface area contributed by atoms with Crippen LogP contribution in [-0.4, -0.2) is 53.3 Å². The lowest BCUT2D eigenvalue weighted by atomic mass is 9.97. The molecule has 0 bridgehead atoms. The number of carbonyl (C=O) groups is 4. The van der Waals surface area contributed by atoms with Crippen molar-refractivity contribution < 1.29 is 28.7 Å². The van der Waals surface area contributed by atoms with Crippen molar-refractivity contribution in [1.82, 2.24) is 10.6 Å². The number of aryl methyl sites for hydroxylation is 1. The van der Waals surface area contributed by atoms with Crippen LogP contribution < -0.4 is 33.5 Å². The van der Waals surface area contributed by atoms with E-state index in [0.717, 1.165) is 5.56 Å². The number of Topliss-reactive ketones (excluding diaryl/α,β-unsaturated/α-hetero) is 1. The van der Waals surface area contributed by atoms with Gasteiger partial charge in [0.25, 0.3) is 0 Å². The summed E-state index contributed by atoms with van der Waals surface area (Å²) >= 11 is 0. The summed E-state index contributed by atoms with van der Waals surface area (Å²) < 4.78 is 5.27. The molecule has 2 amide bonds. The molecule has 3 atom stereocenters. The minimum atomic E-state index is -1.25. The highest BCUT2D eigenvalue weighted by atomic mass is 16.4. The maximum atomic E-state index is 13.6. The summed E-state index contributed by atoms with van der Waals surface area (Å²) in [7, 11) is 0. The van der Waals surface area contributed by atoms with Gasteiger partial charge in [-0.05, 0) is 62.8 Å². The SMILES string of the molecule is Cc1c(N)c(=O)oc2cc(C(=O)[C@H](CCCCN)NC(=O)[C@H](CCC(=O)O)NC(=O)[C@@H](N)Cc3ccccc3)ccc12. The molecule has 0 spiro atoms. The fourth-order valence-corrected chi connectivity index (χ4v) is 4.53. The third-order valence-corrected chi connectivity index (χ3v) is 6.99. The predicted molar refractivity (Wildman–Crippen MR) is 158 cm³/mol. The van der Waals surface area contributed by atoms with Crippen molar-refractivity contribution in [2.24, 2.45) is 11.5 Å². The van der Waals surface area contributed by atoms with Gasteiger partial charge in [0.15, 0.2) is 5.78 Å². The number of aliphatic carboxylic acids is 1. The summed E-state index contributed by atoms with van der Waals surface area (Å²) in [4.78, 5) is 63.2. The van der Waals surface area contributed by atoms with E-state index in [-0.39, 0.29) is 36.1 Å². The number of carbonyl (C=O) groups excluding carboxylic acids is 3. The summed E-state index contributed by atoms with van der Waals surface area (Å²) in [5.41, 5.74) is 18.4. The van der Waals surface area contributed by atoms with Crippen LogP contribution in [0.2, 0.25) is 0 Å². The van der Waals surface area contributed by atoms with E-state index in [1.165, 1.54) is 6.07 Å². The van der Waals surface area contributed by atoms with Crippen LogP contribution in [0.5, 0.6) is 0 Å². The topological polar surface area (TPSA) is 221 Å². The molecule has 12 nitrogen and oxygen atoms in total. The Morgan fingerprint density at radius 3 is 2.31 bits per heavy atom. The van der Waals surface area contributed by atoms with Crippen LogP contribution in [-0.2, 0) is 20.8 Å². The van der Waals surface area contributed by atoms with Gasteiger partial charge in [-0.1, -0.05) is 42.5 Å². The van der Waals surface area contributed by atoms with Crippen molar-refractivity contribution in [2.45, 2.75) is 63.6 Å². The highest BCUT2D eigenvalue weighted by Gasteiger charge is 2.29. The predicted octanol–water partition coefficient (Wildman–Crippen LogP) is 1.40. The molecule has 1 heterocycles. The lowest BCUT2D eigenvalue weighted by Crippen LogP contribution is -2.54. The molecule has 3 rings (SSSR count). The minimum Gasteiger partial charge on any atom is -0.481 e. The van der Waals surface area contributed by atoms with Gasteiger partial charge in [0, 0.05) is 17.4 Å². The summed E-state index contributed by atoms with van der Waals surface area (Å²) in [6.45, 7) is 2.05. The van der Waals surface area contributed by atoms with Gasteiger partial charge in [0.05, 0.1) is 12.1 Å². The maximum absolute atomic E-state index is 13.6. The number of benzene rings is 2. The molecule has 224 valence electrons. The summed E-state index contributed by atoms with van der Waals surface area (Å²) in [6, 6.07) is 10.4. The highest BCUT2D eigenvalue weighted by molar-refractivity contribution is 6.04. The fraction of sp³-hybridized carbons (Fsp3) is 0.367. The van der Waals surface area contributed by atoms with Crippen LogP contribution in [0, 0.1) is 6.92 Å². The van der Waals surface area contributed by atoms with E-state index in [4.69, 9.17) is 21.6 Å². The second-order valence-corrected chi connectivity index (χ2v) is 10.1. The molecular weight excluding hydrogens is 542 g/mol. The molecule has 0 aliphatic heterocycles. The van der Waals surface area contributed by atoms with E-state index in [1.54, 1.807) is 19.1 Å². The van der Waals surface area contributed by atoms with Crippen LogP contribution in [0.15, 0.2) is 57.7 Å². The zero-order valence-corrected chi connectivity index (χ0v) is 23.4.